The van der Waals surface area contributed by atoms with Gasteiger partial charge in [0.15, 0.2) is 0 Å². The minimum atomic E-state index is -0.960. The maximum absolute atomic E-state index is 12.9. The van der Waals surface area contributed by atoms with E-state index in [0.717, 1.165) is 20.5 Å². The molecule has 1 aliphatic rings. The van der Waals surface area contributed by atoms with Crippen LogP contribution in [-0.2, 0) is 17.8 Å². The molecule has 7 nitrogen and oxygen atoms in total. The molecular weight excluding hydrogens is 436 g/mol. The van der Waals surface area contributed by atoms with Crippen molar-refractivity contribution < 1.29 is 14.0 Å². The number of amides is 3. The lowest BCUT2D eigenvalue weighted by atomic mass is 9.93. The summed E-state index contributed by atoms with van der Waals surface area (Å²) in [6, 6.07) is 16.9. The number of imide groups is 1. The number of aromatic nitrogens is 2. The number of hydrogen-bond acceptors (Lipinski definition) is 5. The number of nitrogens with zero attached hydrogens (tertiary/aromatic N) is 3. The van der Waals surface area contributed by atoms with E-state index in [9.17, 15) is 9.59 Å². The lowest BCUT2D eigenvalue weighted by Gasteiger charge is -2.21. The summed E-state index contributed by atoms with van der Waals surface area (Å²) in [5, 5.41) is 10.8. The first-order valence-electron chi connectivity index (χ1n) is 9.21. The Morgan fingerprint density at radius 2 is 1.79 bits per heavy atom. The first-order valence-corrected chi connectivity index (χ1v) is 10.0. The fraction of sp³-hybridized carbons (Fsp3) is 0.238. The van der Waals surface area contributed by atoms with E-state index in [1.54, 1.807) is 6.92 Å². The van der Waals surface area contributed by atoms with Gasteiger partial charge >= 0.3 is 6.03 Å². The number of halogens is 1. The smallest absolute Gasteiger partial charge is 0.325 e. The van der Waals surface area contributed by atoms with Gasteiger partial charge in [0.05, 0.1) is 5.56 Å². The predicted octanol–water partition coefficient (Wildman–Crippen LogP) is 3.94. The second-order valence-corrected chi connectivity index (χ2v) is 7.97. The van der Waals surface area contributed by atoms with Crippen LogP contribution in [0.2, 0.25) is 0 Å². The van der Waals surface area contributed by atoms with Gasteiger partial charge < -0.3 is 9.73 Å². The van der Waals surface area contributed by atoms with Crippen LogP contribution in [0.5, 0.6) is 0 Å². The van der Waals surface area contributed by atoms with E-state index >= 15 is 0 Å². The zero-order valence-electron chi connectivity index (χ0n) is 15.8. The number of benzene rings is 2. The van der Waals surface area contributed by atoms with Crippen molar-refractivity contribution in [3.63, 3.8) is 0 Å². The summed E-state index contributed by atoms with van der Waals surface area (Å²) in [7, 11) is 0. The Bertz CT molecular complexity index is 1050. The van der Waals surface area contributed by atoms with Crippen LogP contribution in [0.25, 0.3) is 11.5 Å². The van der Waals surface area contributed by atoms with Crippen molar-refractivity contribution >= 4 is 27.9 Å². The van der Waals surface area contributed by atoms with E-state index < -0.39 is 11.6 Å². The first kappa shape index (κ1) is 19.3. The van der Waals surface area contributed by atoms with Crippen molar-refractivity contribution in [2.45, 2.75) is 31.8 Å². The Morgan fingerprint density at radius 1 is 1.07 bits per heavy atom. The summed E-state index contributed by atoms with van der Waals surface area (Å²) in [6.07, 6.45) is 1.19. The molecule has 0 spiro atoms. The molecule has 0 unspecified atom stereocenters. The van der Waals surface area contributed by atoms with E-state index in [-0.39, 0.29) is 18.3 Å². The maximum Gasteiger partial charge on any atom is 0.325 e. The number of urea groups is 1. The van der Waals surface area contributed by atoms with E-state index in [2.05, 4.69) is 31.4 Å². The number of nitrogens with one attached hydrogen (secondary N) is 1. The molecule has 0 radical (unpaired) electrons. The zero-order valence-corrected chi connectivity index (χ0v) is 17.3. The molecule has 1 N–H and O–H groups in total. The molecule has 1 aromatic heterocycles. The van der Waals surface area contributed by atoms with Gasteiger partial charge in [-0.3, -0.25) is 9.69 Å². The van der Waals surface area contributed by atoms with E-state index in [0.29, 0.717) is 18.7 Å². The molecule has 148 valence electrons. The molecule has 2 aromatic carbocycles. The van der Waals surface area contributed by atoms with Crippen molar-refractivity contribution in [1.29, 1.82) is 0 Å². The van der Waals surface area contributed by atoms with Crippen LogP contribution in [-0.4, -0.2) is 32.6 Å². The number of carbonyl (C=O) groups is 2. The summed E-state index contributed by atoms with van der Waals surface area (Å²) in [5.74, 6) is 0.233. The van der Waals surface area contributed by atoms with E-state index in [1.165, 1.54) is 0 Å². The van der Waals surface area contributed by atoms with Crippen molar-refractivity contribution in [2.75, 3.05) is 0 Å². The highest BCUT2D eigenvalue weighted by atomic mass is 79.9. The number of aryl methyl sites for hydroxylation is 1. The van der Waals surface area contributed by atoms with Crippen LogP contribution < -0.4 is 5.32 Å². The highest BCUT2D eigenvalue weighted by molar-refractivity contribution is 9.10. The van der Waals surface area contributed by atoms with Crippen LogP contribution >= 0.6 is 15.9 Å². The molecule has 0 saturated carbocycles. The highest BCUT2D eigenvalue weighted by Crippen LogP contribution is 2.28. The Hall–Kier alpha value is -3.00. The van der Waals surface area contributed by atoms with Crippen LogP contribution in [0, 0.1) is 0 Å². The second kappa shape index (κ2) is 7.79. The largest absolute Gasteiger partial charge is 0.419 e. The van der Waals surface area contributed by atoms with Gasteiger partial charge in [0.25, 0.3) is 5.91 Å². The molecule has 4 rings (SSSR count). The van der Waals surface area contributed by atoms with Gasteiger partial charge in [-0.1, -0.05) is 42.5 Å². The Balaban J connectivity index is 1.46. The molecule has 1 fully saturated rings. The van der Waals surface area contributed by atoms with Crippen LogP contribution in [0.3, 0.4) is 0 Å². The third-order valence-electron chi connectivity index (χ3n) is 4.97. The monoisotopic (exact) mass is 454 g/mol. The Morgan fingerprint density at radius 3 is 2.55 bits per heavy atom. The molecule has 0 bridgehead atoms. The molecule has 8 heteroatoms. The van der Waals surface area contributed by atoms with Crippen molar-refractivity contribution in [3.8, 4) is 11.5 Å². The van der Waals surface area contributed by atoms with Crippen LogP contribution in [0.15, 0.2) is 63.5 Å². The van der Waals surface area contributed by atoms with Gasteiger partial charge in [0.1, 0.15) is 12.1 Å². The molecular formula is C21H19BrN4O3. The van der Waals surface area contributed by atoms with Gasteiger partial charge in [-0.2, -0.15) is 0 Å². The summed E-state index contributed by atoms with van der Waals surface area (Å²) < 4.78 is 6.50. The summed E-state index contributed by atoms with van der Waals surface area (Å²) in [6.45, 7) is 1.68. The molecule has 2 heterocycles. The molecule has 1 saturated heterocycles. The lowest BCUT2D eigenvalue weighted by molar-refractivity contribution is -0.131. The molecule has 0 aliphatic carbocycles. The fourth-order valence-electron chi connectivity index (χ4n) is 3.30. The zero-order chi connectivity index (χ0) is 20.4. The topological polar surface area (TPSA) is 88.3 Å². The van der Waals surface area contributed by atoms with Crippen LogP contribution in [0.4, 0.5) is 4.79 Å². The predicted molar refractivity (Wildman–Crippen MR) is 110 cm³/mol. The average Bonchev–Trinajstić information content (AvgIpc) is 3.27. The van der Waals surface area contributed by atoms with Gasteiger partial charge in [0, 0.05) is 4.47 Å². The Kier molecular flexibility index (Phi) is 5.19. The maximum atomic E-state index is 12.9. The summed E-state index contributed by atoms with van der Waals surface area (Å²) in [4.78, 5) is 26.5. The molecule has 3 aromatic rings. The number of rotatable bonds is 6. The SMILES string of the molecule is C[C@]1(CCc2ccccc2)NC(=O)N(Cc2nnc(-c3ccccc3Br)o2)C1=O. The van der Waals surface area contributed by atoms with E-state index in [4.69, 9.17) is 4.42 Å². The quantitative estimate of drug-likeness (QED) is 0.569. The van der Waals surface area contributed by atoms with Gasteiger partial charge in [-0.05, 0) is 53.4 Å². The first-order chi connectivity index (χ1) is 14.0. The molecule has 29 heavy (non-hydrogen) atoms. The Labute approximate surface area is 176 Å². The fourth-order valence-corrected chi connectivity index (χ4v) is 3.75. The average molecular weight is 455 g/mol. The number of carbonyl (C=O) groups excluding carboxylic acids is 2. The van der Waals surface area contributed by atoms with Crippen molar-refractivity contribution in [3.05, 3.63) is 70.5 Å². The van der Waals surface area contributed by atoms with Crippen molar-refractivity contribution in [1.82, 2.24) is 20.4 Å². The van der Waals surface area contributed by atoms with Gasteiger partial charge in [-0.25, -0.2) is 4.79 Å². The minimum absolute atomic E-state index is 0.0664. The van der Waals surface area contributed by atoms with Gasteiger partial charge in [-0.15, -0.1) is 10.2 Å². The molecule has 3 amide bonds. The van der Waals surface area contributed by atoms with E-state index in [1.807, 2.05) is 54.6 Å². The van der Waals surface area contributed by atoms with Crippen molar-refractivity contribution in [2.24, 2.45) is 0 Å². The standard InChI is InChI=1S/C21H19BrN4O3/c1-21(12-11-14-7-3-2-4-8-14)19(27)26(20(28)23-21)13-17-24-25-18(29-17)15-9-5-6-10-16(15)22/h2-10H,11-13H2,1H3,(H,23,28)/t21-/m1/s1. The third-order valence-corrected chi connectivity index (χ3v) is 5.66. The lowest BCUT2D eigenvalue weighted by Crippen LogP contribution is -2.44. The minimum Gasteiger partial charge on any atom is -0.419 e. The normalized spacial score (nSPS) is 18.9. The highest BCUT2D eigenvalue weighted by Gasteiger charge is 2.47. The third kappa shape index (κ3) is 3.93. The second-order valence-electron chi connectivity index (χ2n) is 7.12. The molecule has 1 aliphatic heterocycles. The summed E-state index contributed by atoms with van der Waals surface area (Å²) in [5.41, 5.74) is 0.901. The molecule has 1 atom stereocenters. The number of hydrogen-bond donors (Lipinski definition) is 1. The van der Waals surface area contributed by atoms with Crippen LogP contribution in [0.1, 0.15) is 24.8 Å². The van der Waals surface area contributed by atoms with Gasteiger partial charge in [0.2, 0.25) is 11.8 Å². The summed E-state index contributed by atoms with van der Waals surface area (Å²) >= 11 is 3.44.